The predicted octanol–water partition coefficient (Wildman–Crippen LogP) is 1.78. The third-order valence-corrected chi connectivity index (χ3v) is 2.91. The van der Waals surface area contributed by atoms with Crippen LogP contribution in [0.5, 0.6) is 5.75 Å². The monoisotopic (exact) mass is 286 g/mol. The van der Waals surface area contributed by atoms with Gasteiger partial charge in [0.25, 0.3) is 10.1 Å². The Morgan fingerprint density at radius 3 is 2.26 bits per heavy atom. The average Bonchev–Trinajstić information content (AvgIpc) is 2.28. The second-order valence-electron chi connectivity index (χ2n) is 3.82. The molecule has 1 unspecified atom stereocenters. The van der Waals surface area contributed by atoms with Crippen molar-refractivity contribution in [2.45, 2.75) is 25.0 Å². The molecule has 104 valence electrons. The van der Waals surface area contributed by atoms with Crippen LogP contribution in [0.1, 0.15) is 13.8 Å². The Kier molecular flexibility index (Phi) is 4.68. The number of rotatable bonds is 5. The van der Waals surface area contributed by atoms with Crippen LogP contribution in [0.2, 0.25) is 0 Å². The zero-order valence-corrected chi connectivity index (χ0v) is 11.3. The van der Waals surface area contributed by atoms with Crippen molar-refractivity contribution >= 4 is 16.1 Å². The molecule has 7 heteroatoms. The van der Waals surface area contributed by atoms with Crippen LogP contribution in [0.3, 0.4) is 0 Å². The lowest BCUT2D eigenvalue weighted by Gasteiger charge is -2.15. The fourth-order valence-electron chi connectivity index (χ4n) is 1.16. The van der Waals surface area contributed by atoms with Crippen LogP contribution in [-0.4, -0.2) is 25.2 Å². The molecule has 0 saturated heterocycles. The van der Waals surface area contributed by atoms with Crippen molar-refractivity contribution in [1.29, 1.82) is 0 Å². The number of hydrogen-bond donors (Lipinski definition) is 1. The lowest BCUT2D eigenvalue weighted by molar-refractivity contribution is -0.156. The second kappa shape index (κ2) is 5.85. The van der Waals surface area contributed by atoms with E-state index < -0.39 is 22.4 Å². The summed E-state index contributed by atoms with van der Waals surface area (Å²) in [6, 6.07) is 5.04. The Morgan fingerprint density at radius 1 is 1.32 bits per heavy atom. The van der Waals surface area contributed by atoms with Gasteiger partial charge in [-0.2, -0.15) is 8.42 Å². The summed E-state index contributed by atoms with van der Waals surface area (Å²) in [5.41, 5.74) is 0.247. The molecule has 0 saturated carbocycles. The first kappa shape index (κ1) is 15.2. The Balaban J connectivity index is 2.68. The van der Waals surface area contributed by atoms with Crippen molar-refractivity contribution in [3.8, 4) is 5.75 Å². The van der Waals surface area contributed by atoms with Crippen molar-refractivity contribution in [2.24, 2.45) is 0 Å². The maximum absolute atomic E-state index is 11.2. The lowest BCUT2D eigenvalue weighted by atomic mass is 10.3. The van der Waals surface area contributed by atoms with E-state index in [4.69, 9.17) is 14.0 Å². The summed E-state index contributed by atoms with van der Waals surface area (Å²) in [6.45, 7) is 6.45. The first-order valence-corrected chi connectivity index (χ1v) is 6.75. The van der Waals surface area contributed by atoms with Crippen molar-refractivity contribution < 1.29 is 27.2 Å². The van der Waals surface area contributed by atoms with E-state index in [0.717, 1.165) is 0 Å². The molecule has 1 aromatic rings. The Bertz CT molecular complexity index is 573. The third-order valence-electron chi connectivity index (χ3n) is 2.05. The standard InChI is InChI=1S/C12H14O6S/c1-8(2)12(13)18-9(3)17-10-4-6-11(7-5-10)19(14,15)16/h4-7,9H,1H2,2-3H3,(H,14,15,16). The summed E-state index contributed by atoms with van der Waals surface area (Å²) in [5, 5.41) is 0. The highest BCUT2D eigenvalue weighted by atomic mass is 32.2. The minimum absolute atomic E-state index is 0.244. The number of hydrogen-bond acceptors (Lipinski definition) is 5. The minimum Gasteiger partial charge on any atom is -0.455 e. The summed E-state index contributed by atoms with van der Waals surface area (Å²) in [7, 11) is -4.23. The molecule has 0 spiro atoms. The lowest BCUT2D eigenvalue weighted by Crippen LogP contribution is -2.21. The van der Waals surface area contributed by atoms with Crippen LogP contribution in [0, 0.1) is 0 Å². The van der Waals surface area contributed by atoms with Gasteiger partial charge in [-0.25, -0.2) is 4.79 Å². The topological polar surface area (TPSA) is 89.9 Å². The number of carbonyl (C=O) groups is 1. The molecule has 1 rings (SSSR count). The molecule has 0 aliphatic heterocycles. The first-order chi connectivity index (χ1) is 8.70. The van der Waals surface area contributed by atoms with Crippen LogP contribution in [-0.2, 0) is 19.6 Å². The van der Waals surface area contributed by atoms with Gasteiger partial charge in [0, 0.05) is 12.5 Å². The maximum Gasteiger partial charge on any atom is 0.336 e. The van der Waals surface area contributed by atoms with E-state index in [-0.39, 0.29) is 10.5 Å². The molecule has 0 radical (unpaired) electrons. The van der Waals surface area contributed by atoms with Crippen molar-refractivity contribution in [2.75, 3.05) is 0 Å². The average molecular weight is 286 g/mol. The van der Waals surface area contributed by atoms with E-state index in [9.17, 15) is 13.2 Å². The van der Waals surface area contributed by atoms with Crippen molar-refractivity contribution in [3.05, 3.63) is 36.4 Å². The normalized spacial score (nSPS) is 12.6. The summed E-state index contributed by atoms with van der Waals surface area (Å²) >= 11 is 0. The molecular formula is C12H14O6S. The van der Waals surface area contributed by atoms with Gasteiger partial charge in [0.05, 0.1) is 4.90 Å². The molecule has 0 heterocycles. The van der Waals surface area contributed by atoms with Crippen molar-refractivity contribution in [3.63, 3.8) is 0 Å². The molecule has 0 fully saturated rings. The number of esters is 1. The van der Waals surface area contributed by atoms with E-state index in [1.165, 1.54) is 38.1 Å². The third kappa shape index (κ3) is 4.72. The summed E-state index contributed by atoms with van der Waals surface area (Å²) < 4.78 is 40.6. The highest BCUT2D eigenvalue weighted by Crippen LogP contribution is 2.17. The molecule has 0 amide bonds. The second-order valence-corrected chi connectivity index (χ2v) is 5.24. The smallest absolute Gasteiger partial charge is 0.336 e. The van der Waals surface area contributed by atoms with Crippen LogP contribution < -0.4 is 4.74 Å². The van der Waals surface area contributed by atoms with Gasteiger partial charge in [0.1, 0.15) is 5.75 Å². The predicted molar refractivity (Wildman–Crippen MR) is 67.3 cm³/mol. The summed E-state index contributed by atoms with van der Waals surface area (Å²) in [5.74, 6) is -0.281. The quantitative estimate of drug-likeness (QED) is 0.384. The maximum atomic E-state index is 11.2. The van der Waals surface area contributed by atoms with Gasteiger partial charge >= 0.3 is 5.97 Å². The van der Waals surface area contributed by atoms with Crippen LogP contribution in [0.4, 0.5) is 0 Å². The Hall–Kier alpha value is -1.86. The SMILES string of the molecule is C=C(C)C(=O)OC(C)Oc1ccc(S(=O)(=O)O)cc1. The molecule has 1 aromatic carbocycles. The first-order valence-electron chi connectivity index (χ1n) is 5.31. The van der Waals surface area contributed by atoms with Crippen LogP contribution >= 0.6 is 0 Å². The van der Waals surface area contributed by atoms with E-state index in [0.29, 0.717) is 5.75 Å². The molecule has 6 nitrogen and oxygen atoms in total. The Labute approximate surface area is 111 Å². The van der Waals surface area contributed by atoms with Crippen molar-refractivity contribution in [1.82, 2.24) is 0 Å². The molecule has 0 aliphatic rings. The number of carbonyl (C=O) groups excluding carboxylic acids is 1. The number of benzene rings is 1. The largest absolute Gasteiger partial charge is 0.455 e. The summed E-state index contributed by atoms with van der Waals surface area (Å²) in [6.07, 6.45) is -0.846. The van der Waals surface area contributed by atoms with E-state index in [2.05, 4.69) is 6.58 Å². The number of ether oxygens (including phenoxy) is 2. The van der Waals surface area contributed by atoms with E-state index >= 15 is 0 Å². The molecule has 19 heavy (non-hydrogen) atoms. The van der Waals surface area contributed by atoms with Gasteiger partial charge in [-0.05, 0) is 31.2 Å². The molecular weight excluding hydrogens is 272 g/mol. The van der Waals surface area contributed by atoms with E-state index in [1.807, 2.05) is 0 Å². The van der Waals surface area contributed by atoms with Gasteiger partial charge in [-0.3, -0.25) is 4.55 Å². The highest BCUT2D eigenvalue weighted by Gasteiger charge is 2.13. The molecule has 0 aromatic heterocycles. The molecule has 0 aliphatic carbocycles. The highest BCUT2D eigenvalue weighted by molar-refractivity contribution is 7.85. The van der Waals surface area contributed by atoms with Gasteiger partial charge < -0.3 is 9.47 Å². The van der Waals surface area contributed by atoms with Gasteiger partial charge in [-0.15, -0.1) is 0 Å². The molecule has 0 bridgehead atoms. The molecule has 1 N–H and O–H groups in total. The zero-order chi connectivity index (χ0) is 14.6. The minimum atomic E-state index is -4.23. The Morgan fingerprint density at radius 2 is 1.84 bits per heavy atom. The fourth-order valence-corrected chi connectivity index (χ4v) is 1.64. The van der Waals surface area contributed by atoms with Gasteiger partial charge in [0.15, 0.2) is 0 Å². The van der Waals surface area contributed by atoms with E-state index in [1.54, 1.807) is 0 Å². The zero-order valence-electron chi connectivity index (χ0n) is 10.5. The molecule has 1 atom stereocenters. The van der Waals surface area contributed by atoms with Gasteiger partial charge in [0.2, 0.25) is 6.29 Å². The van der Waals surface area contributed by atoms with Crippen LogP contribution in [0.15, 0.2) is 41.3 Å². The van der Waals surface area contributed by atoms with Crippen LogP contribution in [0.25, 0.3) is 0 Å². The fraction of sp³-hybridized carbons (Fsp3) is 0.250. The summed E-state index contributed by atoms with van der Waals surface area (Å²) in [4.78, 5) is 11.0. The van der Waals surface area contributed by atoms with Gasteiger partial charge in [-0.1, -0.05) is 6.58 Å².